The van der Waals surface area contributed by atoms with Crippen LogP contribution in [0.5, 0.6) is 0 Å². The van der Waals surface area contributed by atoms with Gasteiger partial charge in [0.1, 0.15) is 5.82 Å². The second-order valence-electron chi connectivity index (χ2n) is 5.37. The highest BCUT2D eigenvalue weighted by molar-refractivity contribution is 7.13. The van der Waals surface area contributed by atoms with Crippen molar-refractivity contribution in [3.63, 3.8) is 0 Å². The Morgan fingerprint density at radius 1 is 1.62 bits per heavy atom. The number of nitrogens with one attached hydrogen (secondary N) is 2. The zero-order valence-electron chi connectivity index (χ0n) is 12.0. The SMILES string of the molecule is CC(=O)Nc1nc([C@H]2CCCN(Cc3ncc[nH]3)C2)cs1. The van der Waals surface area contributed by atoms with Crippen LogP contribution in [0.25, 0.3) is 0 Å². The Hall–Kier alpha value is -1.73. The van der Waals surface area contributed by atoms with Gasteiger partial charge in [0, 0.05) is 37.2 Å². The Morgan fingerprint density at radius 2 is 2.52 bits per heavy atom. The largest absolute Gasteiger partial charge is 0.348 e. The number of imidazole rings is 1. The number of amides is 1. The third-order valence-corrected chi connectivity index (χ3v) is 4.43. The molecule has 2 N–H and O–H groups in total. The summed E-state index contributed by atoms with van der Waals surface area (Å²) in [6, 6.07) is 0. The second kappa shape index (κ2) is 6.36. The van der Waals surface area contributed by atoms with Crippen LogP contribution in [0.4, 0.5) is 5.13 Å². The van der Waals surface area contributed by atoms with Crippen LogP contribution in [0.2, 0.25) is 0 Å². The Kier molecular flexibility index (Phi) is 4.31. The normalized spacial score (nSPS) is 19.6. The van der Waals surface area contributed by atoms with Crippen LogP contribution in [0, 0.1) is 0 Å². The van der Waals surface area contributed by atoms with Gasteiger partial charge < -0.3 is 10.3 Å². The number of H-pyrrole nitrogens is 1. The van der Waals surface area contributed by atoms with E-state index in [2.05, 4.69) is 30.5 Å². The van der Waals surface area contributed by atoms with Crippen molar-refractivity contribution in [2.24, 2.45) is 0 Å². The minimum atomic E-state index is -0.0704. The highest BCUT2D eigenvalue weighted by Crippen LogP contribution is 2.29. The number of carbonyl (C=O) groups is 1. The molecule has 6 nitrogen and oxygen atoms in total. The van der Waals surface area contributed by atoms with Crippen LogP contribution in [0.15, 0.2) is 17.8 Å². The summed E-state index contributed by atoms with van der Waals surface area (Å²) in [5.41, 5.74) is 1.09. The molecule has 1 amide bonds. The number of piperidine rings is 1. The molecule has 1 fully saturated rings. The number of likely N-dealkylation sites (tertiary alicyclic amines) is 1. The van der Waals surface area contributed by atoms with E-state index < -0.39 is 0 Å². The van der Waals surface area contributed by atoms with Gasteiger partial charge in [0.2, 0.25) is 5.91 Å². The van der Waals surface area contributed by atoms with E-state index in [-0.39, 0.29) is 5.91 Å². The quantitative estimate of drug-likeness (QED) is 0.908. The number of anilines is 1. The third kappa shape index (κ3) is 3.68. The van der Waals surface area contributed by atoms with Crippen molar-refractivity contribution < 1.29 is 4.79 Å². The van der Waals surface area contributed by atoms with Gasteiger partial charge in [-0.25, -0.2) is 9.97 Å². The molecular weight excluding hydrogens is 286 g/mol. The molecule has 0 spiro atoms. The maximum absolute atomic E-state index is 11.1. The first-order chi connectivity index (χ1) is 10.2. The monoisotopic (exact) mass is 305 g/mol. The molecule has 0 unspecified atom stereocenters. The summed E-state index contributed by atoms with van der Waals surface area (Å²) in [5.74, 6) is 1.37. The molecule has 2 aromatic heterocycles. The lowest BCUT2D eigenvalue weighted by molar-refractivity contribution is -0.114. The van der Waals surface area contributed by atoms with E-state index in [1.165, 1.54) is 24.7 Å². The smallest absolute Gasteiger partial charge is 0.223 e. The maximum atomic E-state index is 11.1. The van der Waals surface area contributed by atoms with Crippen LogP contribution in [0.1, 0.15) is 37.2 Å². The van der Waals surface area contributed by atoms with E-state index in [1.807, 2.05) is 6.20 Å². The number of hydrogen-bond donors (Lipinski definition) is 2. The summed E-state index contributed by atoms with van der Waals surface area (Å²) in [4.78, 5) is 25.5. The van der Waals surface area contributed by atoms with Crippen LogP contribution < -0.4 is 5.32 Å². The van der Waals surface area contributed by atoms with E-state index >= 15 is 0 Å². The number of nitrogens with zero attached hydrogens (tertiary/aromatic N) is 3. The van der Waals surface area contributed by atoms with Crippen LogP contribution in [-0.2, 0) is 11.3 Å². The number of carbonyl (C=O) groups excluding carboxylic acids is 1. The first-order valence-corrected chi connectivity index (χ1v) is 8.02. The summed E-state index contributed by atoms with van der Waals surface area (Å²) in [5, 5.41) is 5.51. The van der Waals surface area contributed by atoms with E-state index in [0.29, 0.717) is 11.0 Å². The fourth-order valence-electron chi connectivity index (χ4n) is 2.72. The molecule has 1 aliphatic heterocycles. The minimum Gasteiger partial charge on any atom is -0.348 e. The molecule has 21 heavy (non-hydrogen) atoms. The molecule has 1 atom stereocenters. The molecule has 0 bridgehead atoms. The standard InChI is InChI=1S/C14H19N5OS/c1-10(20)17-14-18-12(9-21-14)11-3-2-6-19(7-11)8-13-15-4-5-16-13/h4-5,9,11H,2-3,6-8H2,1H3,(H,15,16)(H,17,18,20)/t11-/m0/s1. The van der Waals surface area contributed by atoms with Gasteiger partial charge in [-0.3, -0.25) is 9.69 Å². The molecule has 0 saturated carbocycles. The predicted octanol–water partition coefficient (Wildman–Crippen LogP) is 2.20. The number of aromatic amines is 1. The van der Waals surface area contributed by atoms with Gasteiger partial charge in [-0.05, 0) is 19.4 Å². The molecule has 3 heterocycles. The molecule has 3 rings (SSSR count). The maximum Gasteiger partial charge on any atom is 0.223 e. The Bertz CT molecular complexity index is 594. The number of hydrogen-bond acceptors (Lipinski definition) is 5. The third-order valence-electron chi connectivity index (χ3n) is 3.66. The molecule has 0 radical (unpaired) electrons. The van der Waals surface area contributed by atoms with Gasteiger partial charge >= 0.3 is 0 Å². The summed E-state index contributed by atoms with van der Waals surface area (Å²) in [6.45, 7) is 4.45. The summed E-state index contributed by atoms with van der Waals surface area (Å²) in [7, 11) is 0. The van der Waals surface area contributed by atoms with E-state index in [1.54, 1.807) is 6.20 Å². The van der Waals surface area contributed by atoms with Gasteiger partial charge in [0.05, 0.1) is 12.2 Å². The van der Waals surface area contributed by atoms with Crippen molar-refractivity contribution in [1.29, 1.82) is 0 Å². The van der Waals surface area contributed by atoms with Crippen LogP contribution >= 0.6 is 11.3 Å². The van der Waals surface area contributed by atoms with Crippen LogP contribution in [0.3, 0.4) is 0 Å². The first-order valence-electron chi connectivity index (χ1n) is 7.14. The highest BCUT2D eigenvalue weighted by atomic mass is 32.1. The highest BCUT2D eigenvalue weighted by Gasteiger charge is 2.24. The van der Waals surface area contributed by atoms with E-state index in [0.717, 1.165) is 37.6 Å². The van der Waals surface area contributed by atoms with Crippen LogP contribution in [-0.4, -0.2) is 38.8 Å². The number of thiazole rings is 1. The van der Waals surface area contributed by atoms with Gasteiger partial charge in [0.15, 0.2) is 5.13 Å². The molecular formula is C14H19N5OS. The lowest BCUT2D eigenvalue weighted by Crippen LogP contribution is -2.34. The molecule has 112 valence electrons. The molecule has 1 aliphatic rings. The lowest BCUT2D eigenvalue weighted by atomic mass is 9.95. The zero-order valence-corrected chi connectivity index (χ0v) is 12.8. The molecule has 1 saturated heterocycles. The average Bonchev–Trinajstić information content (AvgIpc) is 3.10. The summed E-state index contributed by atoms with van der Waals surface area (Å²) in [6.07, 6.45) is 5.96. The fourth-order valence-corrected chi connectivity index (χ4v) is 3.56. The van der Waals surface area contributed by atoms with Gasteiger partial charge in [-0.1, -0.05) is 0 Å². The average molecular weight is 305 g/mol. The van der Waals surface area contributed by atoms with E-state index in [4.69, 9.17) is 0 Å². The fraction of sp³-hybridized carbons (Fsp3) is 0.500. The van der Waals surface area contributed by atoms with Crippen molar-refractivity contribution >= 4 is 22.4 Å². The van der Waals surface area contributed by atoms with Crippen molar-refractivity contribution in [2.45, 2.75) is 32.2 Å². The van der Waals surface area contributed by atoms with Gasteiger partial charge in [0.25, 0.3) is 0 Å². The molecule has 0 aromatic carbocycles. The summed E-state index contributed by atoms with van der Waals surface area (Å²) >= 11 is 1.50. The lowest BCUT2D eigenvalue weighted by Gasteiger charge is -2.31. The van der Waals surface area contributed by atoms with Crippen molar-refractivity contribution in [2.75, 3.05) is 18.4 Å². The molecule has 0 aliphatic carbocycles. The molecule has 2 aromatic rings. The minimum absolute atomic E-state index is 0.0704. The number of aromatic nitrogens is 3. The molecule has 7 heteroatoms. The number of rotatable bonds is 4. The summed E-state index contributed by atoms with van der Waals surface area (Å²) < 4.78 is 0. The Balaban J connectivity index is 1.62. The predicted molar refractivity (Wildman–Crippen MR) is 82.3 cm³/mol. The van der Waals surface area contributed by atoms with Gasteiger partial charge in [-0.15, -0.1) is 11.3 Å². The van der Waals surface area contributed by atoms with Gasteiger partial charge in [-0.2, -0.15) is 0 Å². The van der Waals surface area contributed by atoms with Crippen molar-refractivity contribution in [3.8, 4) is 0 Å². The topological polar surface area (TPSA) is 73.9 Å². The first kappa shape index (κ1) is 14.2. The zero-order chi connectivity index (χ0) is 14.7. The Morgan fingerprint density at radius 3 is 3.29 bits per heavy atom. The van der Waals surface area contributed by atoms with Crippen molar-refractivity contribution in [1.82, 2.24) is 19.9 Å². The van der Waals surface area contributed by atoms with E-state index in [9.17, 15) is 4.79 Å². The second-order valence-corrected chi connectivity index (χ2v) is 6.23. The Labute approximate surface area is 127 Å². The van der Waals surface area contributed by atoms with Crippen molar-refractivity contribution in [3.05, 3.63) is 29.3 Å².